The summed E-state index contributed by atoms with van der Waals surface area (Å²) in [4.78, 5) is 5.38. The van der Waals surface area contributed by atoms with E-state index in [4.69, 9.17) is 0 Å². The molecule has 0 radical (unpaired) electrons. The van der Waals surface area contributed by atoms with Crippen molar-refractivity contribution in [2.75, 3.05) is 0 Å². The smallest absolute Gasteiger partial charge is 0.0340 e. The topological polar surface area (TPSA) is 0 Å². The summed E-state index contributed by atoms with van der Waals surface area (Å²) in [5, 5.41) is 0. The SMILES string of the molecule is Cc1ccc(/C=C/c2cccc(-c3cccc4c3Sc3ccccc3S4)c2)cc1. The van der Waals surface area contributed by atoms with Crippen LogP contribution in [0.4, 0.5) is 0 Å². The quantitative estimate of drug-likeness (QED) is 0.275. The Labute approximate surface area is 180 Å². The van der Waals surface area contributed by atoms with Crippen molar-refractivity contribution in [3.05, 3.63) is 108 Å². The molecule has 0 spiro atoms. The Morgan fingerprint density at radius 1 is 0.586 bits per heavy atom. The van der Waals surface area contributed by atoms with Gasteiger partial charge in [-0.25, -0.2) is 0 Å². The van der Waals surface area contributed by atoms with Crippen LogP contribution in [-0.2, 0) is 0 Å². The van der Waals surface area contributed by atoms with Crippen molar-refractivity contribution in [3.8, 4) is 11.1 Å². The molecule has 1 aliphatic heterocycles. The van der Waals surface area contributed by atoms with Gasteiger partial charge in [-0.3, -0.25) is 0 Å². The average molecular weight is 409 g/mol. The fraction of sp³-hybridized carbons (Fsp3) is 0.0370. The highest BCUT2D eigenvalue weighted by molar-refractivity contribution is 8.05. The molecule has 0 saturated heterocycles. The highest BCUT2D eigenvalue weighted by Crippen LogP contribution is 2.51. The Morgan fingerprint density at radius 3 is 2.10 bits per heavy atom. The van der Waals surface area contributed by atoms with Gasteiger partial charge in [0, 0.05) is 19.6 Å². The first kappa shape index (κ1) is 18.4. The normalized spacial score (nSPS) is 12.6. The van der Waals surface area contributed by atoms with E-state index in [-0.39, 0.29) is 0 Å². The van der Waals surface area contributed by atoms with Crippen molar-refractivity contribution in [3.63, 3.8) is 0 Å². The van der Waals surface area contributed by atoms with Gasteiger partial charge in [0.2, 0.25) is 0 Å². The Balaban J connectivity index is 1.48. The molecule has 0 aromatic heterocycles. The van der Waals surface area contributed by atoms with Gasteiger partial charge in [-0.15, -0.1) is 0 Å². The monoisotopic (exact) mass is 408 g/mol. The third kappa shape index (κ3) is 3.91. The molecule has 0 atom stereocenters. The van der Waals surface area contributed by atoms with Gasteiger partial charge >= 0.3 is 0 Å². The van der Waals surface area contributed by atoms with E-state index in [0.29, 0.717) is 0 Å². The molecule has 0 nitrogen and oxygen atoms in total. The van der Waals surface area contributed by atoms with Gasteiger partial charge in [0.1, 0.15) is 0 Å². The minimum Gasteiger partial charge on any atom is -0.0877 e. The molecule has 5 rings (SSSR count). The Morgan fingerprint density at radius 2 is 1.28 bits per heavy atom. The number of hydrogen-bond donors (Lipinski definition) is 0. The van der Waals surface area contributed by atoms with Gasteiger partial charge in [-0.05, 0) is 53.4 Å². The number of fused-ring (bicyclic) bond motifs is 2. The van der Waals surface area contributed by atoms with Crippen LogP contribution in [0, 0.1) is 6.92 Å². The largest absolute Gasteiger partial charge is 0.0877 e. The van der Waals surface area contributed by atoms with E-state index in [9.17, 15) is 0 Å². The molecule has 0 unspecified atom stereocenters. The highest BCUT2D eigenvalue weighted by Gasteiger charge is 2.19. The summed E-state index contributed by atoms with van der Waals surface area (Å²) in [7, 11) is 0. The Bertz CT molecular complexity index is 1200. The van der Waals surface area contributed by atoms with Crippen molar-refractivity contribution in [2.24, 2.45) is 0 Å². The number of aryl methyl sites for hydroxylation is 1. The molecule has 4 aromatic carbocycles. The zero-order valence-electron chi connectivity index (χ0n) is 16.1. The molecule has 0 aliphatic carbocycles. The maximum Gasteiger partial charge on any atom is 0.0340 e. The minimum atomic E-state index is 1.22. The van der Waals surface area contributed by atoms with E-state index in [1.165, 1.54) is 47.4 Å². The van der Waals surface area contributed by atoms with E-state index >= 15 is 0 Å². The third-order valence-corrected chi connectivity index (χ3v) is 7.62. The van der Waals surface area contributed by atoms with Crippen LogP contribution < -0.4 is 0 Å². The van der Waals surface area contributed by atoms with Crippen LogP contribution in [0.3, 0.4) is 0 Å². The Kier molecular flexibility index (Phi) is 5.05. The molecule has 4 aromatic rings. The first-order valence-corrected chi connectivity index (χ1v) is 11.3. The van der Waals surface area contributed by atoms with Crippen molar-refractivity contribution < 1.29 is 0 Å². The first-order chi connectivity index (χ1) is 14.3. The van der Waals surface area contributed by atoms with E-state index in [0.717, 1.165) is 0 Å². The summed E-state index contributed by atoms with van der Waals surface area (Å²) >= 11 is 3.75. The number of benzene rings is 4. The van der Waals surface area contributed by atoms with Crippen LogP contribution in [0.15, 0.2) is 111 Å². The van der Waals surface area contributed by atoms with Crippen molar-refractivity contribution in [1.82, 2.24) is 0 Å². The predicted octanol–water partition coefficient (Wildman–Crippen LogP) is 8.45. The van der Waals surface area contributed by atoms with Crippen LogP contribution in [0.25, 0.3) is 23.3 Å². The molecule has 2 heteroatoms. The van der Waals surface area contributed by atoms with Gasteiger partial charge < -0.3 is 0 Å². The first-order valence-electron chi connectivity index (χ1n) is 9.69. The van der Waals surface area contributed by atoms with Crippen molar-refractivity contribution >= 4 is 35.7 Å². The van der Waals surface area contributed by atoms with E-state index in [2.05, 4.69) is 110 Å². The molecule has 1 aliphatic rings. The van der Waals surface area contributed by atoms with E-state index in [1.807, 2.05) is 23.5 Å². The fourth-order valence-corrected chi connectivity index (χ4v) is 5.86. The third-order valence-electron chi connectivity index (χ3n) is 5.00. The molecule has 0 fully saturated rings. The van der Waals surface area contributed by atoms with Gasteiger partial charge in [-0.1, -0.05) is 108 Å². The lowest BCUT2D eigenvalue weighted by molar-refractivity contribution is 1.16. The lowest BCUT2D eigenvalue weighted by Crippen LogP contribution is -1.92. The average Bonchev–Trinajstić information content (AvgIpc) is 2.77. The second-order valence-electron chi connectivity index (χ2n) is 7.15. The van der Waals surface area contributed by atoms with Gasteiger partial charge in [0.25, 0.3) is 0 Å². The maximum atomic E-state index is 2.28. The molecule has 1 heterocycles. The summed E-state index contributed by atoms with van der Waals surface area (Å²) in [5.74, 6) is 0. The van der Waals surface area contributed by atoms with Gasteiger partial charge in [0.05, 0.1) is 0 Å². The number of rotatable bonds is 3. The molecule has 0 amide bonds. The summed E-state index contributed by atoms with van der Waals surface area (Å²) in [5.41, 5.74) is 6.30. The lowest BCUT2D eigenvalue weighted by atomic mass is 10.0. The van der Waals surface area contributed by atoms with Crippen LogP contribution in [0.1, 0.15) is 16.7 Å². The zero-order chi connectivity index (χ0) is 19.6. The standard InChI is InChI=1S/C27H20S2/c1-19-12-14-20(15-13-19)16-17-21-6-4-7-22(18-21)23-8-5-11-26-27(23)29-25-10-3-2-9-24(25)28-26/h2-18H,1H3/b17-16+. The van der Waals surface area contributed by atoms with Crippen LogP contribution in [0.2, 0.25) is 0 Å². The van der Waals surface area contributed by atoms with Crippen molar-refractivity contribution in [2.45, 2.75) is 26.5 Å². The molecular formula is C27H20S2. The number of hydrogen-bond acceptors (Lipinski definition) is 2. The molecule has 0 saturated carbocycles. The molecule has 140 valence electrons. The van der Waals surface area contributed by atoms with E-state index < -0.39 is 0 Å². The highest BCUT2D eigenvalue weighted by atomic mass is 32.2. The second-order valence-corrected chi connectivity index (χ2v) is 9.29. The molecule has 29 heavy (non-hydrogen) atoms. The molecule has 0 N–H and O–H groups in total. The summed E-state index contributed by atoms with van der Waals surface area (Å²) in [6, 6.07) is 32.7. The summed E-state index contributed by atoms with van der Waals surface area (Å²) in [6.45, 7) is 2.12. The second kappa shape index (κ2) is 7.98. The van der Waals surface area contributed by atoms with Crippen LogP contribution >= 0.6 is 23.5 Å². The van der Waals surface area contributed by atoms with Gasteiger partial charge in [-0.2, -0.15) is 0 Å². The summed E-state index contributed by atoms with van der Waals surface area (Å²) < 4.78 is 0. The Hall–Kier alpha value is -2.68. The zero-order valence-corrected chi connectivity index (χ0v) is 17.8. The van der Waals surface area contributed by atoms with Gasteiger partial charge in [0.15, 0.2) is 0 Å². The van der Waals surface area contributed by atoms with Crippen molar-refractivity contribution in [1.29, 1.82) is 0 Å². The lowest BCUT2D eigenvalue weighted by Gasteiger charge is -2.21. The molecule has 0 bridgehead atoms. The molecular weight excluding hydrogens is 388 g/mol. The van der Waals surface area contributed by atoms with Crippen LogP contribution in [0.5, 0.6) is 0 Å². The maximum absolute atomic E-state index is 2.28. The summed E-state index contributed by atoms with van der Waals surface area (Å²) in [6.07, 6.45) is 4.38. The van der Waals surface area contributed by atoms with Crippen LogP contribution in [-0.4, -0.2) is 0 Å². The minimum absolute atomic E-state index is 1.22. The fourth-order valence-electron chi connectivity index (χ4n) is 3.46. The van der Waals surface area contributed by atoms with E-state index in [1.54, 1.807) is 0 Å². The predicted molar refractivity (Wildman–Crippen MR) is 127 cm³/mol.